The van der Waals surface area contributed by atoms with Crippen LogP contribution in [0.25, 0.3) is 16.8 Å². The maximum Gasteiger partial charge on any atom is 0.123 e. The molecule has 0 saturated heterocycles. The van der Waals surface area contributed by atoms with Crippen molar-refractivity contribution in [3.63, 3.8) is 0 Å². The SMILES string of the molecule is C=C/C1=C(\C=C)c2c(nnn2CCC)-c2ccccc2N(CC)C1. The minimum atomic E-state index is 0.801. The third-order valence-corrected chi connectivity index (χ3v) is 4.46. The number of aryl methyl sites for hydroxylation is 1. The van der Waals surface area contributed by atoms with Gasteiger partial charge in [0.15, 0.2) is 0 Å². The first kappa shape index (κ1) is 16.2. The lowest BCUT2D eigenvalue weighted by molar-refractivity contribution is 0.573. The van der Waals surface area contributed by atoms with Gasteiger partial charge in [0.25, 0.3) is 0 Å². The van der Waals surface area contributed by atoms with Gasteiger partial charge in [-0.3, -0.25) is 0 Å². The zero-order valence-corrected chi connectivity index (χ0v) is 14.5. The van der Waals surface area contributed by atoms with Crippen molar-refractivity contribution in [3.8, 4) is 11.3 Å². The van der Waals surface area contributed by atoms with Crippen LogP contribution in [-0.2, 0) is 6.54 Å². The molecule has 1 aromatic heterocycles. The molecular formula is C20H24N4. The average molecular weight is 320 g/mol. The van der Waals surface area contributed by atoms with Crippen molar-refractivity contribution in [3.05, 3.63) is 60.8 Å². The molecule has 124 valence electrons. The van der Waals surface area contributed by atoms with E-state index in [1.165, 1.54) is 5.69 Å². The van der Waals surface area contributed by atoms with Crippen LogP contribution >= 0.6 is 0 Å². The Bertz CT molecular complexity index is 798. The Balaban J connectivity index is 2.36. The van der Waals surface area contributed by atoms with Crippen LogP contribution in [0.4, 0.5) is 5.69 Å². The summed E-state index contributed by atoms with van der Waals surface area (Å²) in [5.74, 6) is 0. The summed E-state index contributed by atoms with van der Waals surface area (Å²) in [5, 5.41) is 8.94. The Morgan fingerprint density at radius 2 is 1.96 bits per heavy atom. The van der Waals surface area contributed by atoms with E-state index >= 15 is 0 Å². The Morgan fingerprint density at radius 1 is 1.17 bits per heavy atom. The second-order valence-corrected chi connectivity index (χ2v) is 5.89. The van der Waals surface area contributed by atoms with Crippen LogP contribution in [0.5, 0.6) is 0 Å². The van der Waals surface area contributed by atoms with Crippen LogP contribution in [-0.4, -0.2) is 28.1 Å². The summed E-state index contributed by atoms with van der Waals surface area (Å²) in [6.45, 7) is 14.9. The van der Waals surface area contributed by atoms with Crippen molar-refractivity contribution in [2.24, 2.45) is 0 Å². The Morgan fingerprint density at radius 3 is 2.62 bits per heavy atom. The number of benzene rings is 1. The predicted octanol–water partition coefficient (Wildman–Crippen LogP) is 4.32. The number of para-hydroxylation sites is 1. The molecular weight excluding hydrogens is 296 g/mol. The highest BCUT2D eigenvalue weighted by molar-refractivity contribution is 5.90. The zero-order chi connectivity index (χ0) is 17.1. The number of aromatic nitrogens is 3. The Hall–Kier alpha value is -2.62. The van der Waals surface area contributed by atoms with Crippen molar-refractivity contribution in [1.29, 1.82) is 0 Å². The summed E-state index contributed by atoms with van der Waals surface area (Å²) in [7, 11) is 0. The van der Waals surface area contributed by atoms with E-state index in [4.69, 9.17) is 0 Å². The molecule has 2 heterocycles. The molecule has 0 aliphatic carbocycles. The van der Waals surface area contributed by atoms with Crippen LogP contribution in [0, 0.1) is 0 Å². The molecule has 0 amide bonds. The van der Waals surface area contributed by atoms with Gasteiger partial charge in [0.1, 0.15) is 5.69 Å². The van der Waals surface area contributed by atoms with E-state index in [0.29, 0.717) is 0 Å². The summed E-state index contributed by atoms with van der Waals surface area (Å²) in [5.41, 5.74) is 6.51. The lowest BCUT2D eigenvalue weighted by Crippen LogP contribution is -2.27. The summed E-state index contributed by atoms with van der Waals surface area (Å²) in [6.07, 6.45) is 4.85. The molecule has 0 N–H and O–H groups in total. The first-order chi connectivity index (χ1) is 11.7. The quantitative estimate of drug-likeness (QED) is 0.822. The van der Waals surface area contributed by atoms with E-state index < -0.39 is 0 Å². The molecule has 0 spiro atoms. The van der Waals surface area contributed by atoms with E-state index in [0.717, 1.165) is 54.2 Å². The predicted molar refractivity (Wildman–Crippen MR) is 101 cm³/mol. The smallest absolute Gasteiger partial charge is 0.123 e. The maximum absolute atomic E-state index is 4.52. The molecule has 4 nitrogen and oxygen atoms in total. The molecule has 0 unspecified atom stereocenters. The van der Waals surface area contributed by atoms with Gasteiger partial charge in [-0.05, 0) is 25.0 Å². The van der Waals surface area contributed by atoms with Crippen molar-refractivity contribution in [2.45, 2.75) is 26.8 Å². The molecule has 1 aliphatic rings. The molecule has 0 radical (unpaired) electrons. The van der Waals surface area contributed by atoms with Gasteiger partial charge in [-0.25, -0.2) is 4.68 Å². The number of nitrogens with zero attached hydrogens (tertiary/aromatic N) is 4. The van der Waals surface area contributed by atoms with Gasteiger partial charge >= 0.3 is 0 Å². The summed E-state index contributed by atoms with van der Waals surface area (Å²) < 4.78 is 1.99. The highest BCUT2D eigenvalue weighted by Crippen LogP contribution is 2.38. The van der Waals surface area contributed by atoms with Gasteiger partial charge in [-0.15, -0.1) is 5.10 Å². The topological polar surface area (TPSA) is 34.0 Å². The van der Waals surface area contributed by atoms with E-state index in [-0.39, 0.29) is 0 Å². The van der Waals surface area contributed by atoms with E-state index in [1.54, 1.807) is 0 Å². The molecule has 2 aromatic rings. The second-order valence-electron chi connectivity index (χ2n) is 5.89. The van der Waals surface area contributed by atoms with Gasteiger partial charge in [0, 0.05) is 36.5 Å². The molecule has 1 aliphatic heterocycles. The lowest BCUT2D eigenvalue weighted by atomic mass is 9.95. The fourth-order valence-electron chi connectivity index (χ4n) is 3.29. The van der Waals surface area contributed by atoms with Crippen LogP contribution in [0.15, 0.2) is 55.1 Å². The maximum atomic E-state index is 4.52. The minimum absolute atomic E-state index is 0.801. The third-order valence-electron chi connectivity index (χ3n) is 4.46. The number of likely N-dealkylation sites (N-methyl/N-ethyl adjacent to an activating group) is 1. The van der Waals surface area contributed by atoms with Crippen molar-refractivity contribution in [2.75, 3.05) is 18.0 Å². The highest BCUT2D eigenvalue weighted by atomic mass is 15.4. The van der Waals surface area contributed by atoms with Crippen molar-refractivity contribution in [1.82, 2.24) is 15.0 Å². The molecule has 0 fully saturated rings. The summed E-state index contributed by atoms with van der Waals surface area (Å²) >= 11 is 0. The molecule has 0 bridgehead atoms. The van der Waals surface area contributed by atoms with Crippen LogP contribution in [0.2, 0.25) is 0 Å². The van der Waals surface area contributed by atoms with Crippen LogP contribution in [0.3, 0.4) is 0 Å². The van der Waals surface area contributed by atoms with E-state index in [2.05, 4.69) is 66.5 Å². The number of fused-ring (bicyclic) bond motifs is 3. The second kappa shape index (κ2) is 6.87. The molecule has 0 saturated carbocycles. The fraction of sp³-hybridized carbons (Fsp3) is 0.300. The van der Waals surface area contributed by atoms with Crippen LogP contribution in [0.1, 0.15) is 26.0 Å². The Labute approximate surface area is 143 Å². The van der Waals surface area contributed by atoms with Gasteiger partial charge < -0.3 is 4.90 Å². The normalized spacial score (nSPS) is 16.8. The first-order valence-electron chi connectivity index (χ1n) is 8.51. The number of rotatable bonds is 5. The molecule has 4 heteroatoms. The number of allylic oxidation sites excluding steroid dienone is 2. The zero-order valence-electron chi connectivity index (χ0n) is 14.5. The third kappa shape index (κ3) is 2.58. The van der Waals surface area contributed by atoms with E-state index in [1.807, 2.05) is 16.8 Å². The Kier molecular flexibility index (Phi) is 4.65. The number of hydrogen-bond donors (Lipinski definition) is 0. The van der Waals surface area contributed by atoms with Gasteiger partial charge in [0.2, 0.25) is 0 Å². The van der Waals surface area contributed by atoms with Gasteiger partial charge in [-0.1, -0.05) is 55.6 Å². The van der Waals surface area contributed by atoms with Crippen molar-refractivity contribution < 1.29 is 0 Å². The van der Waals surface area contributed by atoms with E-state index in [9.17, 15) is 0 Å². The van der Waals surface area contributed by atoms with Crippen LogP contribution < -0.4 is 4.90 Å². The van der Waals surface area contributed by atoms with Gasteiger partial charge in [0.05, 0.1) is 5.69 Å². The molecule has 24 heavy (non-hydrogen) atoms. The molecule has 0 atom stereocenters. The van der Waals surface area contributed by atoms with Gasteiger partial charge in [-0.2, -0.15) is 0 Å². The summed E-state index contributed by atoms with van der Waals surface area (Å²) in [4.78, 5) is 2.34. The monoisotopic (exact) mass is 320 g/mol. The first-order valence-corrected chi connectivity index (χ1v) is 8.51. The lowest BCUT2D eigenvalue weighted by Gasteiger charge is -2.29. The minimum Gasteiger partial charge on any atom is -0.367 e. The fourth-order valence-corrected chi connectivity index (χ4v) is 3.29. The summed E-state index contributed by atoms with van der Waals surface area (Å²) in [6, 6.07) is 8.41. The number of anilines is 1. The highest BCUT2D eigenvalue weighted by Gasteiger charge is 2.25. The molecule has 1 aromatic carbocycles. The average Bonchev–Trinajstić information content (AvgIpc) is 3.00. The van der Waals surface area contributed by atoms with Crippen molar-refractivity contribution >= 4 is 11.3 Å². The number of hydrogen-bond acceptors (Lipinski definition) is 3. The largest absolute Gasteiger partial charge is 0.367 e. The molecule has 3 rings (SSSR count). The standard InChI is InChI=1S/C20H24N4/c1-5-13-24-20-16(7-3)15(6-2)14-23(8-4)18-12-10-9-11-17(18)19(20)21-22-24/h6-7,9-12H,2-3,5,8,13-14H2,1,4H3/b16-15-.